The molecule has 0 saturated heterocycles. The number of carbonyl (C=O) groups excluding carboxylic acids is 1. The number of likely N-dealkylation sites (N-methyl/N-ethyl adjacent to an activating group) is 1. The first kappa shape index (κ1) is 23.5. The number of carbonyl (C=O) groups is 2. The van der Waals surface area contributed by atoms with Crippen molar-refractivity contribution in [3.63, 3.8) is 0 Å². The number of carboxylic acids is 1. The average Bonchev–Trinajstić information content (AvgIpc) is 3.65. The van der Waals surface area contributed by atoms with Crippen molar-refractivity contribution in [2.75, 3.05) is 11.4 Å². The molecule has 0 radical (unpaired) electrons. The third-order valence-electron chi connectivity index (χ3n) is 7.08. The molecule has 1 N–H and O–H groups in total. The minimum Gasteiger partial charge on any atom is -0.481 e. The van der Waals surface area contributed by atoms with Gasteiger partial charge in [-0.1, -0.05) is 71.9 Å². The largest absolute Gasteiger partial charge is 0.481 e. The van der Waals surface area contributed by atoms with Crippen LogP contribution in [0.2, 0.25) is 0 Å². The molecule has 1 amide bonds. The highest BCUT2D eigenvalue weighted by Gasteiger charge is 2.51. The van der Waals surface area contributed by atoms with Gasteiger partial charge >= 0.3 is 5.97 Å². The van der Waals surface area contributed by atoms with Crippen LogP contribution in [0.15, 0.2) is 83.4 Å². The van der Waals surface area contributed by atoms with Crippen LogP contribution in [0.5, 0.6) is 0 Å². The lowest BCUT2D eigenvalue weighted by atomic mass is 9.93. The molecular formula is C30H28N2O4. The molecule has 36 heavy (non-hydrogen) atoms. The molecule has 6 nitrogen and oxygen atoms in total. The summed E-state index contributed by atoms with van der Waals surface area (Å²) in [7, 11) is 0. The lowest BCUT2D eigenvalue weighted by Gasteiger charge is -2.21. The maximum Gasteiger partial charge on any atom is 0.314 e. The molecule has 0 aliphatic heterocycles. The topological polar surface area (TPSA) is 83.6 Å². The molecule has 0 unspecified atom stereocenters. The first-order valence-electron chi connectivity index (χ1n) is 12.2. The zero-order valence-corrected chi connectivity index (χ0v) is 20.4. The summed E-state index contributed by atoms with van der Waals surface area (Å²) in [6, 6.07) is 25.3. The van der Waals surface area contributed by atoms with Crippen LogP contribution in [0.25, 0.3) is 22.5 Å². The van der Waals surface area contributed by atoms with Crippen molar-refractivity contribution in [2.24, 2.45) is 0 Å². The second-order valence-corrected chi connectivity index (χ2v) is 9.27. The molecule has 0 bridgehead atoms. The maximum absolute atomic E-state index is 13.2. The van der Waals surface area contributed by atoms with Crippen molar-refractivity contribution in [3.8, 4) is 22.5 Å². The second kappa shape index (κ2) is 9.46. The summed E-state index contributed by atoms with van der Waals surface area (Å²) in [5.41, 5.74) is 5.39. The van der Waals surface area contributed by atoms with Crippen molar-refractivity contribution >= 4 is 17.6 Å². The number of aryl methyl sites for hydroxylation is 1. The van der Waals surface area contributed by atoms with Gasteiger partial charge in [-0.15, -0.1) is 0 Å². The molecule has 3 aromatic carbocycles. The van der Waals surface area contributed by atoms with Crippen LogP contribution in [0.1, 0.15) is 36.6 Å². The second-order valence-electron chi connectivity index (χ2n) is 9.27. The van der Waals surface area contributed by atoms with Crippen LogP contribution < -0.4 is 4.90 Å². The van der Waals surface area contributed by atoms with Crippen molar-refractivity contribution in [1.29, 1.82) is 0 Å². The number of para-hydroxylation sites is 1. The van der Waals surface area contributed by atoms with Crippen molar-refractivity contribution in [1.82, 2.24) is 5.16 Å². The van der Waals surface area contributed by atoms with E-state index in [4.69, 9.17) is 4.52 Å². The Balaban J connectivity index is 1.36. The van der Waals surface area contributed by atoms with E-state index in [1.165, 1.54) is 0 Å². The number of amides is 1. The molecule has 1 aliphatic rings. The van der Waals surface area contributed by atoms with E-state index in [-0.39, 0.29) is 12.3 Å². The van der Waals surface area contributed by atoms with Crippen LogP contribution in [0.3, 0.4) is 0 Å². The van der Waals surface area contributed by atoms with E-state index < -0.39 is 11.4 Å². The zero-order chi connectivity index (χ0) is 25.3. The quantitative estimate of drug-likeness (QED) is 0.333. The van der Waals surface area contributed by atoms with Gasteiger partial charge < -0.3 is 14.5 Å². The highest BCUT2D eigenvalue weighted by atomic mass is 16.5. The molecular weight excluding hydrogens is 452 g/mol. The summed E-state index contributed by atoms with van der Waals surface area (Å²) < 4.78 is 5.65. The number of carboxylic acid groups (broad SMARTS) is 1. The van der Waals surface area contributed by atoms with E-state index in [0.29, 0.717) is 30.8 Å². The monoisotopic (exact) mass is 480 g/mol. The zero-order valence-electron chi connectivity index (χ0n) is 20.4. The summed E-state index contributed by atoms with van der Waals surface area (Å²) in [6.07, 6.45) is 1.58. The Bertz CT molecular complexity index is 1390. The molecule has 1 fully saturated rings. The minimum absolute atomic E-state index is 0.0113. The molecule has 5 rings (SSSR count). The standard InChI is InChI=1S/C30H28N2O4/c1-3-32(25-7-5-4-6-8-25)27(33)19-26-20(2)31-36-28(26)23-11-9-21(10-12-23)22-13-15-24(16-14-22)30(17-18-30)29(34)35/h4-16H,3,17-19H2,1-2H3,(H,34,35). The molecule has 0 atom stereocenters. The Morgan fingerprint density at radius 2 is 1.50 bits per heavy atom. The summed E-state index contributed by atoms with van der Waals surface area (Å²) >= 11 is 0. The number of benzene rings is 3. The van der Waals surface area contributed by atoms with Crippen LogP contribution >= 0.6 is 0 Å². The summed E-state index contributed by atoms with van der Waals surface area (Å²) in [6.45, 7) is 4.39. The third-order valence-corrected chi connectivity index (χ3v) is 7.08. The first-order valence-corrected chi connectivity index (χ1v) is 12.2. The van der Waals surface area contributed by atoms with E-state index in [9.17, 15) is 14.7 Å². The van der Waals surface area contributed by atoms with Crippen molar-refractivity contribution in [3.05, 3.63) is 95.7 Å². The number of aliphatic carboxylic acids is 1. The van der Waals surface area contributed by atoms with Crippen molar-refractivity contribution in [2.45, 2.75) is 38.5 Å². The van der Waals surface area contributed by atoms with Gasteiger partial charge in [0.15, 0.2) is 5.76 Å². The Kier molecular flexibility index (Phi) is 6.18. The van der Waals surface area contributed by atoms with Gasteiger partial charge in [0.2, 0.25) is 5.91 Å². The van der Waals surface area contributed by atoms with Crippen LogP contribution in [-0.2, 0) is 21.4 Å². The van der Waals surface area contributed by atoms with Crippen LogP contribution in [-0.4, -0.2) is 28.7 Å². The molecule has 1 heterocycles. The van der Waals surface area contributed by atoms with Crippen molar-refractivity contribution < 1.29 is 19.2 Å². The summed E-state index contributed by atoms with van der Waals surface area (Å²) in [4.78, 5) is 26.5. The van der Waals surface area contributed by atoms with Gasteiger partial charge in [-0.2, -0.15) is 0 Å². The van der Waals surface area contributed by atoms with Crippen LogP contribution in [0.4, 0.5) is 5.69 Å². The molecule has 0 spiro atoms. The number of hydrogen-bond acceptors (Lipinski definition) is 4. The molecule has 1 aromatic heterocycles. The Morgan fingerprint density at radius 3 is 2.06 bits per heavy atom. The van der Waals surface area contributed by atoms with Gasteiger partial charge in [0.1, 0.15) is 0 Å². The lowest BCUT2D eigenvalue weighted by Crippen LogP contribution is -2.32. The van der Waals surface area contributed by atoms with E-state index >= 15 is 0 Å². The SMILES string of the molecule is CCN(C(=O)Cc1c(C)noc1-c1ccc(-c2ccc(C3(C(=O)O)CC3)cc2)cc1)c1ccccc1. The predicted octanol–water partition coefficient (Wildman–Crippen LogP) is 6.03. The van der Waals surface area contributed by atoms with Gasteiger partial charge in [-0.25, -0.2) is 0 Å². The number of rotatable bonds is 8. The van der Waals surface area contributed by atoms with Crippen LogP contribution in [0, 0.1) is 6.92 Å². The number of aromatic nitrogens is 1. The van der Waals surface area contributed by atoms with Gasteiger partial charge in [0.25, 0.3) is 0 Å². The lowest BCUT2D eigenvalue weighted by molar-refractivity contribution is -0.140. The van der Waals surface area contributed by atoms with Gasteiger partial charge in [0.05, 0.1) is 17.5 Å². The smallest absolute Gasteiger partial charge is 0.314 e. The highest BCUT2D eigenvalue weighted by Crippen LogP contribution is 2.48. The molecule has 1 saturated carbocycles. The molecule has 4 aromatic rings. The predicted molar refractivity (Wildman–Crippen MR) is 139 cm³/mol. The summed E-state index contributed by atoms with van der Waals surface area (Å²) in [5, 5.41) is 13.7. The van der Waals surface area contributed by atoms with Gasteiger partial charge in [-0.3, -0.25) is 9.59 Å². The maximum atomic E-state index is 13.2. The minimum atomic E-state index is -0.748. The number of hydrogen-bond donors (Lipinski definition) is 1. The normalized spacial score (nSPS) is 13.8. The van der Waals surface area contributed by atoms with E-state index in [1.54, 1.807) is 4.90 Å². The summed E-state index contributed by atoms with van der Waals surface area (Å²) in [5.74, 6) is -0.159. The third kappa shape index (κ3) is 4.31. The van der Waals surface area contributed by atoms with E-state index in [0.717, 1.165) is 33.5 Å². The fraction of sp³-hybridized carbons (Fsp3) is 0.233. The molecule has 6 heteroatoms. The fourth-order valence-electron chi connectivity index (χ4n) is 4.73. The Hall–Kier alpha value is -4.19. The first-order chi connectivity index (χ1) is 17.4. The molecule has 182 valence electrons. The van der Waals surface area contributed by atoms with Gasteiger partial charge in [0, 0.05) is 23.4 Å². The Morgan fingerprint density at radius 1 is 0.917 bits per heavy atom. The molecule has 1 aliphatic carbocycles. The van der Waals surface area contributed by atoms with E-state index in [2.05, 4.69) is 5.16 Å². The highest BCUT2D eigenvalue weighted by molar-refractivity contribution is 5.95. The number of anilines is 1. The average molecular weight is 481 g/mol. The fourth-order valence-corrected chi connectivity index (χ4v) is 4.73. The van der Waals surface area contributed by atoms with Gasteiger partial charge in [-0.05, 0) is 55.5 Å². The van der Waals surface area contributed by atoms with E-state index in [1.807, 2.05) is 92.7 Å². The number of nitrogens with zero attached hydrogens (tertiary/aromatic N) is 2. The Labute approximate surface area is 210 Å².